The molecule has 0 atom stereocenters. The second-order valence-corrected chi connectivity index (χ2v) is 7.92. The first-order valence-electron chi connectivity index (χ1n) is 9.73. The van der Waals surface area contributed by atoms with Gasteiger partial charge in [0.05, 0.1) is 5.56 Å². The predicted molar refractivity (Wildman–Crippen MR) is 126 cm³/mol. The molecule has 0 aliphatic carbocycles. The van der Waals surface area contributed by atoms with Crippen LogP contribution in [0.25, 0.3) is 0 Å². The smallest absolute Gasteiger partial charge is 0.319 e. The fourth-order valence-electron chi connectivity index (χ4n) is 2.71. The van der Waals surface area contributed by atoms with Crippen molar-refractivity contribution in [2.45, 2.75) is 23.8 Å². The number of nitrogens with zero attached hydrogens (tertiary/aromatic N) is 1. The third-order valence-electron chi connectivity index (χ3n) is 4.52. The van der Waals surface area contributed by atoms with Gasteiger partial charge in [0, 0.05) is 29.0 Å². The van der Waals surface area contributed by atoms with Crippen LogP contribution in [0.4, 0.5) is 16.2 Å². The van der Waals surface area contributed by atoms with Crippen LogP contribution in [0.2, 0.25) is 0 Å². The number of hydrogen-bond donors (Lipinski definition) is 3. The van der Waals surface area contributed by atoms with E-state index in [9.17, 15) is 9.59 Å². The van der Waals surface area contributed by atoms with Gasteiger partial charge in [-0.05, 0) is 73.5 Å². The summed E-state index contributed by atoms with van der Waals surface area (Å²) in [6, 6.07) is 16.3. The van der Waals surface area contributed by atoms with Crippen LogP contribution in [0, 0.1) is 13.8 Å². The molecule has 3 N–H and O–H groups in total. The molecule has 1 aromatic heterocycles. The molecule has 158 valence electrons. The summed E-state index contributed by atoms with van der Waals surface area (Å²) in [5, 5.41) is 8.87. The van der Waals surface area contributed by atoms with E-state index in [-0.39, 0.29) is 11.9 Å². The van der Waals surface area contributed by atoms with Gasteiger partial charge < -0.3 is 16.0 Å². The van der Waals surface area contributed by atoms with E-state index in [1.165, 1.54) is 22.9 Å². The average molecular weight is 433 g/mol. The number of urea groups is 1. The highest BCUT2D eigenvalue weighted by atomic mass is 32.2. The second kappa shape index (κ2) is 10.4. The van der Waals surface area contributed by atoms with Crippen molar-refractivity contribution in [3.8, 4) is 0 Å². The summed E-state index contributed by atoms with van der Waals surface area (Å²) in [6.45, 7) is 8.06. The lowest BCUT2D eigenvalue weighted by atomic mass is 10.1. The molecular formula is C24H24N4O2S. The molecule has 3 rings (SSSR count). The molecule has 2 aromatic carbocycles. The van der Waals surface area contributed by atoms with Crippen LogP contribution in [-0.2, 0) is 0 Å². The normalized spacial score (nSPS) is 10.3. The Balaban J connectivity index is 1.68. The minimum atomic E-state index is -0.319. The molecule has 31 heavy (non-hydrogen) atoms. The summed E-state index contributed by atoms with van der Waals surface area (Å²) in [5.74, 6) is -0.246. The Kier molecular flexibility index (Phi) is 7.45. The molecule has 6 nitrogen and oxygen atoms in total. The number of aromatic nitrogens is 1. The number of carbonyl (C=O) groups is 2. The standard InChI is InChI=1S/C24H24N4O2S/c1-4-13-26-24(30)28-19-10-8-18(9-11-19)27-22(29)21-6-5-14-25-23(21)31-20-12-7-16(2)17(3)15-20/h4-12,14-15H,1,13H2,2-3H3,(H,27,29)(H2,26,28,30). The summed E-state index contributed by atoms with van der Waals surface area (Å²) in [5.41, 5.74) is 4.15. The predicted octanol–water partition coefficient (Wildman–Crippen LogP) is 5.41. The third kappa shape index (κ3) is 6.20. The number of amides is 3. The Bertz CT molecular complexity index is 1100. The highest BCUT2D eigenvalue weighted by Gasteiger charge is 2.14. The molecule has 0 aliphatic rings. The summed E-state index contributed by atoms with van der Waals surface area (Å²) < 4.78 is 0. The minimum Gasteiger partial charge on any atom is -0.334 e. The summed E-state index contributed by atoms with van der Waals surface area (Å²) in [7, 11) is 0. The molecule has 0 radical (unpaired) electrons. The van der Waals surface area contributed by atoms with E-state index >= 15 is 0 Å². The summed E-state index contributed by atoms with van der Waals surface area (Å²) >= 11 is 1.46. The molecule has 3 amide bonds. The van der Waals surface area contributed by atoms with Crippen molar-refractivity contribution in [2.75, 3.05) is 17.2 Å². The van der Waals surface area contributed by atoms with E-state index < -0.39 is 0 Å². The lowest BCUT2D eigenvalue weighted by Gasteiger charge is -2.11. The maximum absolute atomic E-state index is 12.9. The van der Waals surface area contributed by atoms with Crippen molar-refractivity contribution in [1.82, 2.24) is 10.3 Å². The Labute approximate surface area is 186 Å². The summed E-state index contributed by atoms with van der Waals surface area (Å²) in [6.07, 6.45) is 3.28. The fraction of sp³-hybridized carbons (Fsp3) is 0.125. The van der Waals surface area contributed by atoms with Crippen LogP contribution in [-0.4, -0.2) is 23.5 Å². The van der Waals surface area contributed by atoms with Crippen molar-refractivity contribution < 1.29 is 9.59 Å². The average Bonchev–Trinajstić information content (AvgIpc) is 2.76. The quantitative estimate of drug-likeness (QED) is 0.436. The first kappa shape index (κ1) is 22.1. The van der Waals surface area contributed by atoms with Crippen molar-refractivity contribution in [1.29, 1.82) is 0 Å². The molecule has 0 bridgehead atoms. The maximum Gasteiger partial charge on any atom is 0.319 e. The molecule has 0 fully saturated rings. The van der Waals surface area contributed by atoms with Gasteiger partial charge in [-0.1, -0.05) is 23.9 Å². The topological polar surface area (TPSA) is 83.1 Å². The highest BCUT2D eigenvalue weighted by Crippen LogP contribution is 2.30. The first-order valence-corrected chi connectivity index (χ1v) is 10.5. The number of hydrogen-bond acceptors (Lipinski definition) is 4. The lowest BCUT2D eigenvalue weighted by molar-refractivity contribution is 0.102. The zero-order valence-corrected chi connectivity index (χ0v) is 18.3. The molecule has 7 heteroatoms. The molecule has 1 heterocycles. The number of nitrogens with one attached hydrogen (secondary N) is 3. The van der Waals surface area contributed by atoms with Gasteiger partial charge in [0.2, 0.25) is 0 Å². The van der Waals surface area contributed by atoms with Gasteiger partial charge in [0.15, 0.2) is 0 Å². The van der Waals surface area contributed by atoms with Crippen LogP contribution in [0.1, 0.15) is 21.5 Å². The van der Waals surface area contributed by atoms with Crippen molar-refractivity contribution in [3.05, 3.63) is 90.1 Å². The van der Waals surface area contributed by atoms with E-state index in [1.807, 2.05) is 6.07 Å². The largest absolute Gasteiger partial charge is 0.334 e. The minimum absolute atomic E-state index is 0.246. The van der Waals surface area contributed by atoms with Crippen LogP contribution in [0.15, 0.2) is 83.4 Å². The Hall–Kier alpha value is -3.58. The van der Waals surface area contributed by atoms with Gasteiger partial charge >= 0.3 is 6.03 Å². The third-order valence-corrected chi connectivity index (χ3v) is 5.52. The SMILES string of the molecule is C=CCNC(=O)Nc1ccc(NC(=O)c2cccnc2Sc2ccc(C)c(C)c2)cc1. The van der Waals surface area contributed by atoms with E-state index in [0.717, 1.165) is 4.90 Å². The molecule has 0 saturated heterocycles. The van der Waals surface area contributed by atoms with Gasteiger partial charge in [0.25, 0.3) is 5.91 Å². The van der Waals surface area contributed by atoms with E-state index in [0.29, 0.717) is 28.5 Å². The van der Waals surface area contributed by atoms with Gasteiger partial charge in [0.1, 0.15) is 5.03 Å². The Morgan fingerprint density at radius 2 is 1.71 bits per heavy atom. The van der Waals surface area contributed by atoms with Crippen molar-refractivity contribution in [3.63, 3.8) is 0 Å². The monoisotopic (exact) mass is 432 g/mol. The van der Waals surface area contributed by atoms with Gasteiger partial charge in [-0.2, -0.15) is 0 Å². The van der Waals surface area contributed by atoms with E-state index in [2.05, 4.69) is 53.5 Å². The maximum atomic E-state index is 12.9. The molecule has 0 saturated carbocycles. The van der Waals surface area contributed by atoms with Gasteiger partial charge in [-0.25, -0.2) is 9.78 Å². The molecule has 0 aliphatic heterocycles. The van der Waals surface area contributed by atoms with Crippen LogP contribution in [0.3, 0.4) is 0 Å². The molecular weight excluding hydrogens is 408 g/mol. The Morgan fingerprint density at radius 1 is 1.00 bits per heavy atom. The fourth-order valence-corrected chi connectivity index (χ4v) is 3.69. The lowest BCUT2D eigenvalue weighted by Crippen LogP contribution is -2.28. The number of anilines is 2. The first-order chi connectivity index (χ1) is 15.0. The second-order valence-electron chi connectivity index (χ2n) is 6.86. The Morgan fingerprint density at radius 3 is 2.39 bits per heavy atom. The zero-order valence-electron chi connectivity index (χ0n) is 17.4. The van der Waals surface area contributed by atoms with Crippen molar-refractivity contribution >= 4 is 35.1 Å². The molecule has 3 aromatic rings. The van der Waals surface area contributed by atoms with Crippen molar-refractivity contribution in [2.24, 2.45) is 0 Å². The van der Waals surface area contributed by atoms with Crippen LogP contribution < -0.4 is 16.0 Å². The number of rotatable bonds is 7. The van der Waals surface area contributed by atoms with Crippen LogP contribution in [0.5, 0.6) is 0 Å². The van der Waals surface area contributed by atoms with E-state index in [4.69, 9.17) is 0 Å². The number of aryl methyl sites for hydroxylation is 2. The number of carbonyl (C=O) groups excluding carboxylic acids is 2. The number of pyridine rings is 1. The zero-order chi connectivity index (χ0) is 22.2. The molecule has 0 spiro atoms. The van der Waals surface area contributed by atoms with Gasteiger partial charge in [-0.15, -0.1) is 6.58 Å². The number of benzene rings is 2. The van der Waals surface area contributed by atoms with Crippen LogP contribution >= 0.6 is 11.8 Å². The highest BCUT2D eigenvalue weighted by molar-refractivity contribution is 7.99. The van der Waals surface area contributed by atoms with E-state index in [1.54, 1.807) is 48.7 Å². The van der Waals surface area contributed by atoms with Gasteiger partial charge in [-0.3, -0.25) is 4.79 Å². The molecule has 0 unspecified atom stereocenters. The summed E-state index contributed by atoms with van der Waals surface area (Å²) in [4.78, 5) is 30.0.